The highest BCUT2D eigenvalue weighted by molar-refractivity contribution is 5.95. The van der Waals surface area contributed by atoms with Crippen molar-refractivity contribution in [2.45, 2.75) is 38.5 Å². The fourth-order valence-corrected chi connectivity index (χ4v) is 4.66. The van der Waals surface area contributed by atoms with E-state index < -0.39 is 5.97 Å². The lowest BCUT2D eigenvalue weighted by Gasteiger charge is -2.11. The molecule has 0 fully saturated rings. The first-order valence-corrected chi connectivity index (χ1v) is 15.5. The summed E-state index contributed by atoms with van der Waals surface area (Å²) in [6.07, 6.45) is 7.62. The van der Waals surface area contributed by atoms with E-state index in [0.29, 0.717) is 13.2 Å². The third-order valence-corrected chi connectivity index (χ3v) is 7.28. The highest BCUT2D eigenvalue weighted by atomic mass is 16.5. The normalized spacial score (nSPS) is 10.7. The van der Waals surface area contributed by atoms with Crippen molar-refractivity contribution in [1.29, 1.82) is 0 Å². The Morgan fingerprint density at radius 3 is 1.87 bits per heavy atom. The van der Waals surface area contributed by atoms with E-state index >= 15 is 0 Å². The zero-order valence-corrected chi connectivity index (χ0v) is 26.2. The Hall–Kier alpha value is -5.26. The number of rotatable bonds is 14. The highest BCUT2D eigenvalue weighted by Gasteiger charge is 2.11. The van der Waals surface area contributed by atoms with E-state index in [2.05, 4.69) is 41.0 Å². The van der Waals surface area contributed by atoms with Crippen LogP contribution < -0.4 is 9.64 Å². The van der Waals surface area contributed by atoms with E-state index in [9.17, 15) is 4.79 Å². The Kier molecular flexibility index (Phi) is 12.9. The molecule has 0 radical (unpaired) electrons. The largest absolute Gasteiger partial charge is 0.494 e. The molecule has 4 rings (SSSR count). The van der Waals surface area contributed by atoms with E-state index in [0.717, 1.165) is 66.7 Å². The summed E-state index contributed by atoms with van der Waals surface area (Å²) < 4.78 is 11.3. The maximum atomic E-state index is 12.4. The number of hydrogen-bond acceptors (Lipinski definition) is 4. The van der Waals surface area contributed by atoms with Gasteiger partial charge in [0, 0.05) is 30.9 Å². The summed E-state index contributed by atoms with van der Waals surface area (Å²) in [7, 11) is 4.01. The van der Waals surface area contributed by atoms with Gasteiger partial charge in [-0.15, -0.1) is 0 Å². The first kappa shape index (κ1) is 32.6. The Morgan fingerprint density at radius 2 is 1.27 bits per heavy atom. The molecule has 0 heterocycles. The number of hydrogen-bond donors (Lipinski definition) is 0. The predicted molar refractivity (Wildman–Crippen MR) is 184 cm³/mol. The molecule has 0 saturated heterocycles. The Labute approximate surface area is 268 Å². The third kappa shape index (κ3) is 11.1. The second kappa shape index (κ2) is 17.8. The fourth-order valence-electron chi connectivity index (χ4n) is 4.66. The average Bonchev–Trinajstić information content (AvgIpc) is 3.08. The molecule has 45 heavy (non-hydrogen) atoms. The minimum absolute atomic E-state index is 0.0236. The lowest BCUT2D eigenvalue weighted by atomic mass is 10.1. The lowest BCUT2D eigenvalue weighted by Crippen LogP contribution is -2.07. The molecule has 5 nitrogen and oxygen atoms in total. The Bertz CT molecular complexity index is 1620. The summed E-state index contributed by atoms with van der Waals surface area (Å²) >= 11 is 0. The summed E-state index contributed by atoms with van der Waals surface area (Å²) in [5.74, 6) is 6.64. The molecular formula is C40H40N2O3. The zero-order valence-electron chi connectivity index (χ0n) is 26.2. The molecule has 4 aromatic rings. The van der Waals surface area contributed by atoms with Crippen LogP contribution in [0.3, 0.4) is 0 Å². The Balaban J connectivity index is 1.08. The van der Waals surface area contributed by atoms with Crippen LogP contribution in [0.1, 0.15) is 55.2 Å². The first-order chi connectivity index (χ1) is 22.0. The molecule has 0 unspecified atom stereocenters. The van der Waals surface area contributed by atoms with Crippen molar-refractivity contribution < 1.29 is 14.3 Å². The monoisotopic (exact) mass is 596 g/mol. The lowest BCUT2D eigenvalue weighted by molar-refractivity contribution is -0.138. The number of anilines is 1. The van der Waals surface area contributed by atoms with Crippen LogP contribution in [0, 0.1) is 18.4 Å². The second-order valence-corrected chi connectivity index (χ2v) is 11.0. The average molecular weight is 597 g/mol. The maximum Gasteiger partial charge on any atom is 0.336 e. The van der Waals surface area contributed by atoms with Gasteiger partial charge >= 0.3 is 5.97 Å². The van der Waals surface area contributed by atoms with Crippen LogP contribution in [0.5, 0.6) is 5.75 Å². The van der Waals surface area contributed by atoms with Gasteiger partial charge in [-0.3, -0.25) is 4.79 Å². The van der Waals surface area contributed by atoms with Crippen LogP contribution in [0.15, 0.2) is 109 Å². The highest BCUT2D eigenvalue weighted by Crippen LogP contribution is 2.22. The predicted octanol–water partition coefficient (Wildman–Crippen LogP) is 9.04. The molecule has 4 aromatic carbocycles. The van der Waals surface area contributed by atoms with Gasteiger partial charge in [0.2, 0.25) is 0 Å². The molecule has 0 spiro atoms. The SMILES string of the molecule is [C-]#[N+]C(=Cc1ccc(C#Cc2ccc(N(C)C)cc2)cc1)C(=O)OCCCCCCCCOc1ccc(-c2ccccc2)cc1. The van der Waals surface area contributed by atoms with Crippen molar-refractivity contribution in [1.82, 2.24) is 0 Å². The summed E-state index contributed by atoms with van der Waals surface area (Å²) in [6, 6.07) is 34.1. The van der Waals surface area contributed by atoms with Gasteiger partial charge < -0.3 is 14.4 Å². The fraction of sp³-hybridized carbons (Fsp3) is 0.250. The van der Waals surface area contributed by atoms with Crippen molar-refractivity contribution >= 4 is 17.7 Å². The van der Waals surface area contributed by atoms with E-state index in [4.69, 9.17) is 16.0 Å². The molecule has 0 aliphatic heterocycles. The van der Waals surface area contributed by atoms with Crippen molar-refractivity contribution in [3.05, 3.63) is 137 Å². The number of nitrogens with zero attached hydrogens (tertiary/aromatic N) is 2. The summed E-state index contributed by atoms with van der Waals surface area (Å²) in [6.45, 7) is 8.45. The quantitative estimate of drug-likeness (QED) is 0.0479. The molecule has 0 aromatic heterocycles. The van der Waals surface area contributed by atoms with Crippen molar-refractivity contribution in [3.8, 4) is 28.7 Å². The standard InChI is InChI=1S/C40H40N2O3/c1-41-39(31-34-19-17-32(18-20-34)15-16-33-21-25-37(26-22-33)42(2)3)40(43)45-30-12-7-5-4-6-11-29-44-38-27-23-36(24-28-38)35-13-9-8-10-14-35/h8-10,13-14,17-28,31H,4-7,11-12,29-30H2,2-3H3. The Morgan fingerprint density at radius 1 is 0.711 bits per heavy atom. The third-order valence-electron chi connectivity index (χ3n) is 7.28. The number of carbonyl (C=O) groups excluding carboxylic acids is 1. The van der Waals surface area contributed by atoms with Gasteiger partial charge in [-0.2, -0.15) is 0 Å². The van der Waals surface area contributed by atoms with Crippen molar-refractivity contribution in [2.75, 3.05) is 32.2 Å². The molecule has 228 valence electrons. The molecule has 0 saturated carbocycles. The topological polar surface area (TPSA) is 43.1 Å². The van der Waals surface area contributed by atoms with Gasteiger partial charge in [0.15, 0.2) is 0 Å². The molecule has 0 N–H and O–H groups in total. The van der Waals surface area contributed by atoms with E-state index in [1.807, 2.05) is 97.9 Å². The molecule has 0 aliphatic carbocycles. The minimum Gasteiger partial charge on any atom is -0.494 e. The summed E-state index contributed by atoms with van der Waals surface area (Å²) in [5.41, 5.74) is 6.04. The van der Waals surface area contributed by atoms with Gasteiger partial charge in [0.1, 0.15) is 5.75 Å². The van der Waals surface area contributed by atoms with Gasteiger partial charge in [-0.05, 0) is 84.1 Å². The first-order valence-electron chi connectivity index (χ1n) is 15.5. The molecule has 0 atom stereocenters. The number of ether oxygens (including phenoxy) is 2. The number of unbranched alkanes of at least 4 members (excludes halogenated alkanes) is 5. The second-order valence-electron chi connectivity index (χ2n) is 11.0. The van der Waals surface area contributed by atoms with Crippen LogP contribution in [0.25, 0.3) is 22.0 Å². The minimum atomic E-state index is -0.580. The van der Waals surface area contributed by atoms with Gasteiger partial charge in [0.25, 0.3) is 5.70 Å². The van der Waals surface area contributed by atoms with E-state index in [-0.39, 0.29) is 5.70 Å². The smallest absolute Gasteiger partial charge is 0.336 e. The van der Waals surface area contributed by atoms with E-state index in [1.165, 1.54) is 11.1 Å². The molecule has 0 bridgehead atoms. The molecule has 5 heteroatoms. The van der Waals surface area contributed by atoms with Gasteiger partial charge in [-0.25, -0.2) is 4.85 Å². The van der Waals surface area contributed by atoms with Crippen molar-refractivity contribution in [2.24, 2.45) is 0 Å². The molecule has 0 aliphatic rings. The van der Waals surface area contributed by atoms with E-state index in [1.54, 1.807) is 6.08 Å². The van der Waals surface area contributed by atoms with Crippen molar-refractivity contribution in [3.63, 3.8) is 0 Å². The summed E-state index contributed by atoms with van der Waals surface area (Å²) in [4.78, 5) is 17.9. The maximum absolute atomic E-state index is 12.4. The number of carbonyl (C=O) groups is 1. The molecule has 0 amide bonds. The molecular weight excluding hydrogens is 556 g/mol. The van der Waals surface area contributed by atoms with Gasteiger partial charge in [0.05, 0.1) is 19.8 Å². The number of esters is 1. The van der Waals surface area contributed by atoms with Crippen LogP contribution in [0.4, 0.5) is 5.69 Å². The number of benzene rings is 4. The van der Waals surface area contributed by atoms with Gasteiger partial charge in [-0.1, -0.05) is 92.1 Å². The van der Waals surface area contributed by atoms with Crippen LogP contribution in [0.2, 0.25) is 0 Å². The van der Waals surface area contributed by atoms with Crippen LogP contribution >= 0.6 is 0 Å². The van der Waals surface area contributed by atoms with Crippen LogP contribution in [-0.2, 0) is 9.53 Å². The van der Waals surface area contributed by atoms with Crippen LogP contribution in [-0.4, -0.2) is 33.3 Å². The summed E-state index contributed by atoms with van der Waals surface area (Å²) in [5, 5.41) is 0. The zero-order chi connectivity index (χ0) is 31.7.